The van der Waals surface area contributed by atoms with E-state index in [0.29, 0.717) is 16.9 Å². The third kappa shape index (κ3) is 3.50. The number of benzene rings is 3. The number of hydrogen-bond acceptors (Lipinski definition) is 4. The molecule has 3 aromatic rings. The van der Waals surface area contributed by atoms with Crippen LogP contribution in [0.3, 0.4) is 0 Å². The number of rotatable bonds is 5. The minimum absolute atomic E-state index is 0.0349. The Bertz CT molecular complexity index is 1280. The third-order valence-electron chi connectivity index (χ3n) is 5.18. The van der Waals surface area contributed by atoms with Crippen molar-refractivity contribution < 1.29 is 31.8 Å². The Balaban J connectivity index is 1.77. The molecule has 0 fully saturated rings. The zero-order chi connectivity index (χ0) is 22.3. The molecule has 0 bridgehead atoms. The predicted molar refractivity (Wildman–Crippen MR) is 110 cm³/mol. The molecule has 0 spiro atoms. The summed E-state index contributed by atoms with van der Waals surface area (Å²) in [5.41, 5.74) is 1.20. The van der Waals surface area contributed by atoms with Crippen molar-refractivity contribution in [1.29, 1.82) is 0 Å². The molecule has 1 heterocycles. The summed E-state index contributed by atoms with van der Waals surface area (Å²) in [7, 11) is -2.82. The van der Waals surface area contributed by atoms with Crippen molar-refractivity contribution in [3.63, 3.8) is 0 Å². The number of anilines is 1. The van der Waals surface area contributed by atoms with Crippen LogP contribution in [0.1, 0.15) is 5.56 Å². The number of halogens is 2. The highest BCUT2D eigenvalue weighted by atomic mass is 32.2. The topological polar surface area (TPSA) is 83.9 Å². The van der Waals surface area contributed by atoms with Crippen molar-refractivity contribution in [2.75, 3.05) is 11.4 Å². The third-order valence-corrected chi connectivity index (χ3v) is 7.02. The van der Waals surface area contributed by atoms with Crippen LogP contribution < -0.4 is 9.04 Å². The van der Waals surface area contributed by atoms with Crippen LogP contribution in [0.25, 0.3) is 11.1 Å². The summed E-state index contributed by atoms with van der Waals surface area (Å²) < 4.78 is 60.1. The quantitative estimate of drug-likeness (QED) is 0.645. The van der Waals surface area contributed by atoms with Gasteiger partial charge in [-0.1, -0.05) is 18.2 Å². The first-order chi connectivity index (χ1) is 14.7. The van der Waals surface area contributed by atoms with E-state index in [0.717, 1.165) is 16.4 Å². The number of sulfonamides is 1. The summed E-state index contributed by atoms with van der Waals surface area (Å²) >= 11 is 0. The lowest BCUT2D eigenvalue weighted by molar-refractivity contribution is -0.138. The molecule has 31 heavy (non-hydrogen) atoms. The Labute approximate surface area is 177 Å². The maximum atomic E-state index is 14.0. The summed E-state index contributed by atoms with van der Waals surface area (Å²) in [4.78, 5) is 11.7. The van der Waals surface area contributed by atoms with Crippen LogP contribution in [-0.2, 0) is 21.2 Å². The normalized spacial score (nSPS) is 15.6. The van der Waals surface area contributed by atoms with Crippen LogP contribution in [-0.4, -0.2) is 32.6 Å². The fourth-order valence-corrected chi connectivity index (χ4v) is 5.37. The van der Waals surface area contributed by atoms with E-state index in [-0.39, 0.29) is 22.6 Å². The minimum Gasteiger partial charge on any atom is -0.496 e. The first kappa shape index (κ1) is 20.8. The number of carbonyl (C=O) groups is 1. The van der Waals surface area contributed by atoms with E-state index in [9.17, 15) is 27.1 Å². The van der Waals surface area contributed by atoms with E-state index in [4.69, 9.17) is 4.74 Å². The molecule has 0 amide bonds. The molecule has 0 saturated carbocycles. The van der Waals surface area contributed by atoms with Gasteiger partial charge in [-0.05, 0) is 42.0 Å². The Morgan fingerprint density at radius 3 is 2.42 bits per heavy atom. The van der Waals surface area contributed by atoms with E-state index < -0.39 is 33.7 Å². The van der Waals surface area contributed by atoms with Crippen molar-refractivity contribution in [2.45, 2.75) is 17.4 Å². The Morgan fingerprint density at radius 1 is 1.10 bits per heavy atom. The maximum absolute atomic E-state index is 14.0. The number of nitrogens with zero attached hydrogens (tertiary/aromatic N) is 1. The Morgan fingerprint density at radius 2 is 1.81 bits per heavy atom. The van der Waals surface area contributed by atoms with Gasteiger partial charge in [-0.3, -0.25) is 4.31 Å². The highest BCUT2D eigenvalue weighted by molar-refractivity contribution is 7.93. The molecule has 1 N–H and O–H groups in total. The van der Waals surface area contributed by atoms with Crippen molar-refractivity contribution in [1.82, 2.24) is 0 Å². The minimum atomic E-state index is -4.24. The van der Waals surface area contributed by atoms with Gasteiger partial charge in [-0.15, -0.1) is 0 Å². The average Bonchev–Trinajstić information content (AvgIpc) is 3.15. The first-order valence-electron chi connectivity index (χ1n) is 9.22. The second-order valence-corrected chi connectivity index (χ2v) is 8.78. The molecule has 0 saturated heterocycles. The molecule has 0 aromatic heterocycles. The van der Waals surface area contributed by atoms with Crippen LogP contribution >= 0.6 is 0 Å². The summed E-state index contributed by atoms with van der Waals surface area (Å²) in [6.45, 7) is 0. The van der Waals surface area contributed by atoms with Crippen molar-refractivity contribution >= 4 is 21.7 Å². The fourth-order valence-electron chi connectivity index (χ4n) is 3.73. The Kier molecular flexibility index (Phi) is 5.14. The zero-order valence-electron chi connectivity index (χ0n) is 16.2. The van der Waals surface area contributed by atoms with Gasteiger partial charge in [0.25, 0.3) is 10.0 Å². The number of methoxy groups -OCH3 is 1. The largest absolute Gasteiger partial charge is 0.496 e. The lowest BCUT2D eigenvalue weighted by atomic mass is 10.1. The standard InChI is InChI=1S/C22H17F2NO5S/c1-30-21-4-2-3-19-17(21)12-20(22(26)27)25(19)31(28,29)15-8-5-13(6-9-15)16-10-7-14(23)11-18(16)24/h2-11,20H,12H2,1H3,(H,26,27). The SMILES string of the molecule is COc1cccc2c1CC(C(=O)O)N2S(=O)(=O)c1ccc(-c2ccc(F)cc2F)cc1. The number of ether oxygens (including phenoxy) is 1. The van der Waals surface area contributed by atoms with Crippen LogP contribution in [0.15, 0.2) is 65.6 Å². The van der Waals surface area contributed by atoms with E-state index in [2.05, 4.69) is 0 Å². The molecule has 1 aliphatic heterocycles. The molecular weight excluding hydrogens is 428 g/mol. The van der Waals surface area contributed by atoms with Gasteiger partial charge >= 0.3 is 5.97 Å². The van der Waals surface area contributed by atoms with Crippen LogP contribution in [0.2, 0.25) is 0 Å². The molecule has 160 valence electrons. The molecule has 1 unspecified atom stereocenters. The average molecular weight is 445 g/mol. The second kappa shape index (κ2) is 7.66. The van der Waals surface area contributed by atoms with Gasteiger partial charge in [-0.2, -0.15) is 0 Å². The van der Waals surface area contributed by atoms with Gasteiger partial charge in [-0.25, -0.2) is 22.0 Å². The molecule has 3 aromatic carbocycles. The van der Waals surface area contributed by atoms with Gasteiger partial charge in [0.05, 0.1) is 17.7 Å². The number of carboxylic acid groups (broad SMARTS) is 1. The summed E-state index contributed by atoms with van der Waals surface area (Å²) in [6, 6.07) is 11.9. The zero-order valence-corrected chi connectivity index (χ0v) is 17.1. The molecule has 1 atom stereocenters. The first-order valence-corrected chi connectivity index (χ1v) is 10.7. The van der Waals surface area contributed by atoms with Crippen LogP contribution in [0.4, 0.5) is 14.5 Å². The van der Waals surface area contributed by atoms with Crippen molar-refractivity contribution in [2.24, 2.45) is 0 Å². The maximum Gasteiger partial charge on any atom is 0.327 e. The van der Waals surface area contributed by atoms with Crippen LogP contribution in [0.5, 0.6) is 5.75 Å². The van der Waals surface area contributed by atoms with E-state index >= 15 is 0 Å². The van der Waals surface area contributed by atoms with E-state index in [1.165, 1.54) is 43.5 Å². The number of aliphatic carboxylic acids is 1. The van der Waals surface area contributed by atoms with Crippen LogP contribution in [0, 0.1) is 11.6 Å². The highest BCUT2D eigenvalue weighted by Crippen LogP contribution is 2.41. The fraction of sp³-hybridized carbons (Fsp3) is 0.136. The van der Waals surface area contributed by atoms with Gasteiger partial charge in [0.1, 0.15) is 23.4 Å². The molecule has 1 aliphatic rings. The van der Waals surface area contributed by atoms with Crippen molar-refractivity contribution in [3.8, 4) is 16.9 Å². The Hall–Kier alpha value is -3.46. The predicted octanol–water partition coefficient (Wildman–Crippen LogP) is 3.85. The molecule has 6 nitrogen and oxygen atoms in total. The second-order valence-electron chi connectivity index (χ2n) is 6.97. The summed E-state index contributed by atoms with van der Waals surface area (Å²) in [6.07, 6.45) is -0.0349. The molecular formula is C22H17F2NO5S. The number of fused-ring (bicyclic) bond motifs is 1. The summed E-state index contributed by atoms with van der Waals surface area (Å²) in [5, 5.41) is 9.66. The lowest BCUT2D eigenvalue weighted by Crippen LogP contribution is -2.42. The van der Waals surface area contributed by atoms with Gasteiger partial charge in [0, 0.05) is 23.6 Å². The number of hydrogen-bond donors (Lipinski definition) is 1. The molecule has 9 heteroatoms. The molecule has 4 rings (SSSR count). The molecule has 0 radical (unpaired) electrons. The molecule has 0 aliphatic carbocycles. The smallest absolute Gasteiger partial charge is 0.327 e. The van der Waals surface area contributed by atoms with Gasteiger partial charge in [0.2, 0.25) is 0 Å². The van der Waals surface area contributed by atoms with Gasteiger partial charge < -0.3 is 9.84 Å². The van der Waals surface area contributed by atoms with Crippen molar-refractivity contribution in [3.05, 3.63) is 77.9 Å². The monoisotopic (exact) mass is 445 g/mol. The lowest BCUT2D eigenvalue weighted by Gasteiger charge is -2.24. The van der Waals surface area contributed by atoms with E-state index in [1.807, 2.05) is 0 Å². The summed E-state index contributed by atoms with van der Waals surface area (Å²) in [5.74, 6) is -2.37. The van der Waals surface area contributed by atoms with E-state index in [1.54, 1.807) is 12.1 Å². The number of carboxylic acids is 1. The highest BCUT2D eigenvalue weighted by Gasteiger charge is 2.43. The van der Waals surface area contributed by atoms with Gasteiger partial charge in [0.15, 0.2) is 0 Å².